The highest BCUT2D eigenvalue weighted by Crippen LogP contribution is 2.26. The molecule has 1 aromatic heterocycles. The van der Waals surface area contributed by atoms with E-state index in [-0.39, 0.29) is 18.4 Å². The van der Waals surface area contributed by atoms with Crippen LogP contribution in [0.1, 0.15) is 48.0 Å². The zero-order valence-corrected chi connectivity index (χ0v) is 18.8. The summed E-state index contributed by atoms with van der Waals surface area (Å²) in [6.45, 7) is 7.52. The molecule has 32 heavy (non-hydrogen) atoms. The van der Waals surface area contributed by atoms with Crippen LogP contribution in [0.3, 0.4) is 0 Å². The first-order chi connectivity index (χ1) is 15.1. The summed E-state index contributed by atoms with van der Waals surface area (Å²) in [7, 11) is 1.75. The highest BCUT2D eigenvalue weighted by Gasteiger charge is 2.18. The fraction of sp³-hybridized carbons (Fsp3) is 0.292. The van der Waals surface area contributed by atoms with Gasteiger partial charge >= 0.3 is 5.97 Å². The van der Waals surface area contributed by atoms with Gasteiger partial charge < -0.3 is 14.3 Å². The molecule has 7 nitrogen and oxygen atoms in total. The van der Waals surface area contributed by atoms with Crippen LogP contribution in [0.2, 0.25) is 0 Å². The number of ether oxygens (including phenoxy) is 2. The Kier molecular flexibility index (Phi) is 6.92. The van der Waals surface area contributed by atoms with Crippen LogP contribution in [0, 0.1) is 12.7 Å². The summed E-state index contributed by atoms with van der Waals surface area (Å²) in [5, 5.41) is 8.36. The van der Waals surface area contributed by atoms with Gasteiger partial charge in [-0.1, -0.05) is 17.3 Å². The van der Waals surface area contributed by atoms with Crippen LogP contribution >= 0.6 is 0 Å². The number of oxime groups is 1. The summed E-state index contributed by atoms with van der Waals surface area (Å²) in [4.78, 5) is 17.5. The first kappa shape index (κ1) is 23.0. The van der Waals surface area contributed by atoms with Gasteiger partial charge in [-0.05, 0) is 69.7 Å². The monoisotopic (exact) mass is 439 g/mol. The SMILES string of the molecule is Cc1nn(C)c(Oc2ccc(F)cc2)c1C=NOCc1ccc(C(=O)OC(C)(C)C)cc1. The fourth-order valence-electron chi connectivity index (χ4n) is 2.81. The molecule has 0 unspecified atom stereocenters. The predicted molar refractivity (Wildman–Crippen MR) is 118 cm³/mol. The number of carbonyl (C=O) groups excluding carboxylic acids is 1. The Hall–Kier alpha value is -3.68. The van der Waals surface area contributed by atoms with E-state index < -0.39 is 5.60 Å². The van der Waals surface area contributed by atoms with E-state index in [2.05, 4.69) is 10.3 Å². The Morgan fingerprint density at radius 3 is 2.41 bits per heavy atom. The van der Waals surface area contributed by atoms with Crippen LogP contribution < -0.4 is 4.74 Å². The first-order valence-electron chi connectivity index (χ1n) is 10.1. The lowest BCUT2D eigenvalue weighted by molar-refractivity contribution is 0.00694. The summed E-state index contributed by atoms with van der Waals surface area (Å²) in [6.07, 6.45) is 1.52. The number of rotatable bonds is 7. The highest BCUT2D eigenvalue weighted by atomic mass is 19.1. The molecule has 2 aromatic carbocycles. The maximum Gasteiger partial charge on any atom is 0.338 e. The molecule has 0 atom stereocenters. The van der Waals surface area contributed by atoms with Gasteiger partial charge in [0.15, 0.2) is 0 Å². The minimum Gasteiger partial charge on any atom is -0.456 e. The molecule has 3 aromatic rings. The Morgan fingerprint density at radius 1 is 1.12 bits per heavy atom. The molecule has 8 heteroatoms. The maximum absolute atomic E-state index is 13.1. The van der Waals surface area contributed by atoms with Gasteiger partial charge in [0.25, 0.3) is 0 Å². The first-order valence-corrected chi connectivity index (χ1v) is 10.1. The van der Waals surface area contributed by atoms with Crippen molar-refractivity contribution in [1.82, 2.24) is 9.78 Å². The van der Waals surface area contributed by atoms with E-state index in [1.165, 1.54) is 30.5 Å². The largest absolute Gasteiger partial charge is 0.456 e. The van der Waals surface area contributed by atoms with Crippen LogP contribution in [0.5, 0.6) is 11.6 Å². The average molecular weight is 439 g/mol. The topological polar surface area (TPSA) is 74.9 Å². The molecule has 0 bridgehead atoms. The lowest BCUT2D eigenvalue weighted by Gasteiger charge is -2.19. The molecule has 0 saturated heterocycles. The molecule has 0 amide bonds. The Bertz CT molecular complexity index is 1100. The zero-order chi connectivity index (χ0) is 23.3. The fourth-order valence-corrected chi connectivity index (χ4v) is 2.81. The molecule has 3 rings (SSSR count). The summed E-state index contributed by atoms with van der Waals surface area (Å²) in [5.41, 5.74) is 2.13. The van der Waals surface area contributed by atoms with E-state index in [1.54, 1.807) is 36.0 Å². The van der Waals surface area contributed by atoms with Crippen LogP contribution in [0.25, 0.3) is 0 Å². The molecule has 0 fully saturated rings. The van der Waals surface area contributed by atoms with Crippen molar-refractivity contribution in [1.29, 1.82) is 0 Å². The van der Waals surface area contributed by atoms with Gasteiger partial charge in [0.2, 0.25) is 5.88 Å². The predicted octanol–water partition coefficient (Wildman–Crippen LogP) is 5.17. The molecule has 0 saturated carbocycles. The number of nitrogens with zero attached hydrogens (tertiary/aromatic N) is 3. The summed E-state index contributed by atoms with van der Waals surface area (Å²) in [5.74, 6) is 0.231. The molecule has 0 spiro atoms. The zero-order valence-electron chi connectivity index (χ0n) is 18.8. The van der Waals surface area contributed by atoms with Crippen molar-refractivity contribution in [3.8, 4) is 11.6 Å². The van der Waals surface area contributed by atoms with E-state index in [4.69, 9.17) is 14.3 Å². The van der Waals surface area contributed by atoms with Gasteiger partial charge in [-0.25, -0.2) is 13.9 Å². The summed E-state index contributed by atoms with van der Waals surface area (Å²) < 4.78 is 25.9. The minimum atomic E-state index is -0.544. The number of halogens is 1. The third-order valence-electron chi connectivity index (χ3n) is 4.32. The molecule has 0 aliphatic rings. The number of hydrogen-bond acceptors (Lipinski definition) is 6. The molecule has 168 valence electrons. The maximum atomic E-state index is 13.1. The van der Waals surface area contributed by atoms with Crippen LogP contribution in [-0.4, -0.2) is 27.6 Å². The smallest absolute Gasteiger partial charge is 0.338 e. The Morgan fingerprint density at radius 2 is 1.78 bits per heavy atom. The van der Waals surface area contributed by atoms with Crippen molar-refractivity contribution in [3.63, 3.8) is 0 Å². The highest BCUT2D eigenvalue weighted by molar-refractivity contribution is 5.89. The van der Waals surface area contributed by atoms with Crippen LogP contribution in [-0.2, 0) is 23.2 Å². The third kappa shape index (κ3) is 6.16. The van der Waals surface area contributed by atoms with Gasteiger partial charge in [-0.3, -0.25) is 0 Å². The van der Waals surface area contributed by atoms with Crippen LogP contribution in [0.4, 0.5) is 4.39 Å². The van der Waals surface area contributed by atoms with Crippen molar-refractivity contribution in [2.75, 3.05) is 0 Å². The standard InChI is InChI=1S/C24H26FN3O4/c1-16-21(22(28(5)27-16)31-20-12-10-19(25)11-13-20)14-26-30-15-17-6-8-18(9-7-17)23(29)32-24(2,3)4/h6-14H,15H2,1-5H3. The van der Waals surface area contributed by atoms with E-state index in [9.17, 15) is 9.18 Å². The molecular formula is C24H26FN3O4. The molecule has 0 aliphatic heterocycles. The normalized spacial score (nSPS) is 11.6. The van der Waals surface area contributed by atoms with Gasteiger partial charge in [-0.15, -0.1) is 0 Å². The number of aryl methyl sites for hydroxylation is 2. The van der Waals surface area contributed by atoms with E-state index in [1.807, 2.05) is 27.7 Å². The van der Waals surface area contributed by atoms with Crippen LogP contribution in [0.15, 0.2) is 53.7 Å². The lowest BCUT2D eigenvalue weighted by Crippen LogP contribution is -2.23. The second-order valence-electron chi connectivity index (χ2n) is 8.19. The van der Waals surface area contributed by atoms with E-state index >= 15 is 0 Å². The van der Waals surface area contributed by atoms with Crippen molar-refractivity contribution in [3.05, 3.63) is 76.7 Å². The number of aromatic nitrogens is 2. The van der Waals surface area contributed by atoms with E-state index in [0.717, 1.165) is 5.56 Å². The lowest BCUT2D eigenvalue weighted by atomic mass is 10.1. The van der Waals surface area contributed by atoms with Crippen molar-refractivity contribution < 1.29 is 23.5 Å². The number of esters is 1. The molecular weight excluding hydrogens is 413 g/mol. The Balaban J connectivity index is 1.62. The number of benzene rings is 2. The molecule has 0 N–H and O–H groups in total. The van der Waals surface area contributed by atoms with Gasteiger partial charge in [0, 0.05) is 7.05 Å². The third-order valence-corrected chi connectivity index (χ3v) is 4.32. The number of hydrogen-bond donors (Lipinski definition) is 0. The van der Waals surface area contributed by atoms with Gasteiger partial charge in [0.1, 0.15) is 23.8 Å². The minimum absolute atomic E-state index is 0.221. The average Bonchev–Trinajstić information content (AvgIpc) is 2.98. The Labute approximate surface area is 186 Å². The molecule has 0 aliphatic carbocycles. The second-order valence-corrected chi connectivity index (χ2v) is 8.19. The van der Waals surface area contributed by atoms with Gasteiger partial charge in [-0.2, -0.15) is 5.10 Å². The summed E-state index contributed by atoms with van der Waals surface area (Å²) in [6, 6.07) is 12.7. The van der Waals surface area contributed by atoms with Crippen molar-refractivity contribution in [2.24, 2.45) is 12.2 Å². The quantitative estimate of drug-likeness (QED) is 0.289. The summed E-state index contributed by atoms with van der Waals surface area (Å²) >= 11 is 0. The second kappa shape index (κ2) is 9.64. The molecule has 1 heterocycles. The van der Waals surface area contributed by atoms with Crippen molar-refractivity contribution in [2.45, 2.75) is 39.9 Å². The van der Waals surface area contributed by atoms with Crippen molar-refractivity contribution >= 4 is 12.2 Å². The molecule has 0 radical (unpaired) electrons. The van der Waals surface area contributed by atoms with Gasteiger partial charge in [0.05, 0.1) is 23.0 Å². The van der Waals surface area contributed by atoms with E-state index in [0.29, 0.717) is 28.5 Å². The number of carbonyl (C=O) groups is 1.